The predicted molar refractivity (Wildman–Crippen MR) is 79.4 cm³/mol. The Hall–Kier alpha value is -1.23. The molecule has 0 aliphatic heterocycles. The van der Waals surface area contributed by atoms with Crippen molar-refractivity contribution < 1.29 is 9.53 Å². The van der Waals surface area contributed by atoms with Gasteiger partial charge in [0.25, 0.3) is 0 Å². The second kappa shape index (κ2) is 6.28. The number of methoxy groups -OCH3 is 1. The molecule has 100 valence electrons. The summed E-state index contributed by atoms with van der Waals surface area (Å²) in [5.74, 6) is -0.451. The highest BCUT2D eigenvalue weighted by Gasteiger charge is 2.11. The first-order valence-corrected chi connectivity index (χ1v) is 7.08. The Morgan fingerprint density at radius 2 is 2.16 bits per heavy atom. The van der Waals surface area contributed by atoms with Gasteiger partial charge < -0.3 is 10.1 Å². The first-order valence-electron chi connectivity index (χ1n) is 5.45. The fourth-order valence-electron chi connectivity index (χ4n) is 1.54. The van der Waals surface area contributed by atoms with Crippen molar-refractivity contribution in [3.63, 3.8) is 0 Å². The largest absolute Gasteiger partial charge is 0.465 e. The second-order valence-electron chi connectivity index (χ2n) is 3.77. The monoisotopic (exact) mass is 315 g/mol. The van der Waals surface area contributed by atoms with Gasteiger partial charge in [0.15, 0.2) is 0 Å². The Morgan fingerprint density at radius 1 is 1.37 bits per heavy atom. The van der Waals surface area contributed by atoms with Crippen LogP contribution in [0.2, 0.25) is 10.0 Å². The first-order chi connectivity index (χ1) is 9.10. The maximum absolute atomic E-state index is 11.5. The molecule has 1 N–H and O–H groups in total. The Balaban J connectivity index is 2.10. The number of rotatable bonds is 4. The van der Waals surface area contributed by atoms with Gasteiger partial charge >= 0.3 is 5.97 Å². The molecule has 0 aliphatic carbocycles. The molecule has 0 fully saturated rings. The van der Waals surface area contributed by atoms with Gasteiger partial charge in [0.2, 0.25) is 0 Å². The molecule has 2 rings (SSSR count). The van der Waals surface area contributed by atoms with Crippen LogP contribution in [0.3, 0.4) is 0 Å². The van der Waals surface area contributed by atoms with Gasteiger partial charge in [0, 0.05) is 22.5 Å². The summed E-state index contributed by atoms with van der Waals surface area (Å²) in [6.07, 6.45) is 0. The Labute approximate surface area is 125 Å². The molecule has 6 heteroatoms. The van der Waals surface area contributed by atoms with Gasteiger partial charge in [-0.3, -0.25) is 0 Å². The van der Waals surface area contributed by atoms with E-state index in [1.165, 1.54) is 7.11 Å². The van der Waals surface area contributed by atoms with Crippen LogP contribution in [0, 0.1) is 0 Å². The Bertz CT molecular complexity index is 598. The highest BCUT2D eigenvalue weighted by atomic mass is 35.5. The molecule has 2 aromatic rings. The van der Waals surface area contributed by atoms with Crippen molar-refractivity contribution in [1.82, 2.24) is 0 Å². The lowest BCUT2D eigenvalue weighted by molar-refractivity contribution is 0.0601. The molecule has 0 spiro atoms. The molecule has 0 atom stereocenters. The summed E-state index contributed by atoms with van der Waals surface area (Å²) in [5.41, 5.74) is 1.15. The van der Waals surface area contributed by atoms with Gasteiger partial charge in [-0.15, -0.1) is 11.3 Å². The Kier molecular flexibility index (Phi) is 4.69. The van der Waals surface area contributed by atoms with Crippen molar-refractivity contribution >= 4 is 46.2 Å². The zero-order valence-corrected chi connectivity index (χ0v) is 12.4. The van der Waals surface area contributed by atoms with Crippen molar-refractivity contribution in [2.45, 2.75) is 6.54 Å². The number of carbonyl (C=O) groups excluding carboxylic acids is 1. The van der Waals surface area contributed by atoms with Gasteiger partial charge in [0.1, 0.15) is 0 Å². The van der Waals surface area contributed by atoms with Crippen LogP contribution in [-0.2, 0) is 11.3 Å². The van der Waals surface area contributed by atoms with Crippen LogP contribution in [0.15, 0.2) is 29.6 Å². The smallest absolute Gasteiger partial charge is 0.339 e. The molecule has 19 heavy (non-hydrogen) atoms. The number of halogens is 2. The summed E-state index contributed by atoms with van der Waals surface area (Å²) < 4.78 is 4.67. The molecule has 0 radical (unpaired) electrons. The fourth-order valence-corrected chi connectivity index (χ4v) is 2.74. The lowest BCUT2D eigenvalue weighted by Gasteiger charge is -2.08. The normalized spacial score (nSPS) is 10.3. The van der Waals surface area contributed by atoms with E-state index < -0.39 is 5.97 Å². The fraction of sp³-hybridized carbons (Fsp3) is 0.154. The SMILES string of the molecule is COC(=O)c1cc(NCc2cc(Cl)cs2)ccc1Cl. The third kappa shape index (κ3) is 3.62. The van der Waals surface area contributed by atoms with E-state index in [0.717, 1.165) is 15.6 Å². The maximum atomic E-state index is 11.5. The summed E-state index contributed by atoms with van der Waals surface area (Å²) in [4.78, 5) is 12.6. The minimum Gasteiger partial charge on any atom is -0.465 e. The number of anilines is 1. The zero-order chi connectivity index (χ0) is 13.8. The predicted octanol–water partition coefficient (Wildman–Crippen LogP) is 4.45. The summed E-state index contributed by atoms with van der Waals surface area (Å²) in [6, 6.07) is 7.04. The molecule has 0 aliphatic rings. The molecule has 0 unspecified atom stereocenters. The summed E-state index contributed by atoms with van der Waals surface area (Å²) in [6.45, 7) is 0.639. The molecule has 1 aromatic carbocycles. The number of benzene rings is 1. The second-order valence-corrected chi connectivity index (χ2v) is 5.61. The van der Waals surface area contributed by atoms with Crippen molar-refractivity contribution in [1.29, 1.82) is 0 Å². The molecule has 3 nitrogen and oxygen atoms in total. The number of nitrogens with one attached hydrogen (secondary N) is 1. The van der Waals surface area contributed by atoms with Crippen LogP contribution < -0.4 is 5.32 Å². The van der Waals surface area contributed by atoms with E-state index in [1.54, 1.807) is 23.5 Å². The van der Waals surface area contributed by atoms with E-state index in [4.69, 9.17) is 23.2 Å². The highest BCUT2D eigenvalue weighted by Crippen LogP contribution is 2.23. The van der Waals surface area contributed by atoms with E-state index in [-0.39, 0.29) is 0 Å². The zero-order valence-electron chi connectivity index (χ0n) is 10.1. The number of hydrogen-bond donors (Lipinski definition) is 1. The summed E-state index contributed by atoms with van der Waals surface area (Å²) in [5, 5.41) is 6.18. The molecule has 0 saturated heterocycles. The lowest BCUT2D eigenvalue weighted by atomic mass is 10.2. The molecule has 1 heterocycles. The molecule has 0 saturated carbocycles. The molecular weight excluding hydrogens is 305 g/mol. The molecular formula is C13H11Cl2NO2S. The van der Waals surface area contributed by atoms with Crippen LogP contribution in [0.25, 0.3) is 0 Å². The van der Waals surface area contributed by atoms with Gasteiger partial charge in [0.05, 0.1) is 22.7 Å². The van der Waals surface area contributed by atoms with Crippen molar-refractivity contribution in [3.05, 3.63) is 50.1 Å². The standard InChI is InChI=1S/C13H11Cl2NO2S/c1-18-13(17)11-5-9(2-3-12(11)15)16-6-10-4-8(14)7-19-10/h2-5,7,16H,6H2,1H3. The van der Waals surface area contributed by atoms with Crippen LogP contribution in [-0.4, -0.2) is 13.1 Å². The van der Waals surface area contributed by atoms with E-state index in [1.807, 2.05) is 17.5 Å². The van der Waals surface area contributed by atoms with Crippen LogP contribution in [0.1, 0.15) is 15.2 Å². The summed E-state index contributed by atoms with van der Waals surface area (Å²) >= 11 is 13.4. The average Bonchev–Trinajstić information content (AvgIpc) is 2.83. The van der Waals surface area contributed by atoms with E-state index in [0.29, 0.717) is 17.1 Å². The van der Waals surface area contributed by atoms with Crippen molar-refractivity contribution in [2.75, 3.05) is 12.4 Å². The van der Waals surface area contributed by atoms with E-state index >= 15 is 0 Å². The molecule has 0 amide bonds. The van der Waals surface area contributed by atoms with Crippen molar-refractivity contribution in [2.24, 2.45) is 0 Å². The number of ether oxygens (including phenoxy) is 1. The number of esters is 1. The van der Waals surface area contributed by atoms with Crippen LogP contribution in [0.5, 0.6) is 0 Å². The minimum atomic E-state index is -0.451. The summed E-state index contributed by atoms with van der Waals surface area (Å²) in [7, 11) is 1.33. The topological polar surface area (TPSA) is 38.3 Å². The van der Waals surface area contributed by atoms with E-state index in [2.05, 4.69) is 10.1 Å². The van der Waals surface area contributed by atoms with E-state index in [9.17, 15) is 4.79 Å². The van der Waals surface area contributed by atoms with Gasteiger partial charge in [-0.1, -0.05) is 23.2 Å². The minimum absolute atomic E-state index is 0.346. The number of thiophene rings is 1. The van der Waals surface area contributed by atoms with Crippen molar-refractivity contribution in [3.8, 4) is 0 Å². The number of hydrogen-bond acceptors (Lipinski definition) is 4. The molecule has 0 bridgehead atoms. The van der Waals surface area contributed by atoms with Crippen LogP contribution >= 0.6 is 34.5 Å². The third-order valence-corrected chi connectivity index (χ3v) is 4.07. The number of carbonyl (C=O) groups is 1. The third-order valence-electron chi connectivity index (χ3n) is 2.46. The average molecular weight is 316 g/mol. The van der Waals surface area contributed by atoms with Crippen LogP contribution in [0.4, 0.5) is 5.69 Å². The highest BCUT2D eigenvalue weighted by molar-refractivity contribution is 7.10. The maximum Gasteiger partial charge on any atom is 0.339 e. The van der Waals surface area contributed by atoms with Gasteiger partial charge in [-0.25, -0.2) is 4.79 Å². The lowest BCUT2D eigenvalue weighted by Crippen LogP contribution is -2.04. The van der Waals surface area contributed by atoms with Gasteiger partial charge in [-0.05, 0) is 24.3 Å². The quantitative estimate of drug-likeness (QED) is 0.847. The molecule has 1 aromatic heterocycles. The first kappa shape index (κ1) is 14.2. The Morgan fingerprint density at radius 3 is 2.79 bits per heavy atom. The van der Waals surface area contributed by atoms with Gasteiger partial charge in [-0.2, -0.15) is 0 Å².